The summed E-state index contributed by atoms with van der Waals surface area (Å²) in [6, 6.07) is 0. The third-order valence-corrected chi connectivity index (χ3v) is 4.22. The lowest BCUT2D eigenvalue weighted by atomic mass is 10.0. The van der Waals surface area contributed by atoms with E-state index in [1.54, 1.807) is 0 Å². The van der Waals surface area contributed by atoms with Gasteiger partial charge in [-0.3, -0.25) is 0 Å². The molecule has 0 aromatic carbocycles. The highest BCUT2D eigenvalue weighted by molar-refractivity contribution is 4.80. The second-order valence-electron chi connectivity index (χ2n) is 5.60. The molecule has 3 unspecified atom stereocenters. The predicted octanol–water partition coefficient (Wildman–Crippen LogP) is 2.27. The minimum Gasteiger partial charge on any atom is -0.393 e. The molecule has 1 saturated carbocycles. The van der Waals surface area contributed by atoms with Gasteiger partial charge in [0.05, 0.1) is 6.10 Å². The first-order chi connectivity index (χ1) is 7.25. The fourth-order valence-electron chi connectivity index (χ4n) is 3.07. The van der Waals surface area contributed by atoms with Crippen molar-refractivity contribution < 1.29 is 5.11 Å². The van der Waals surface area contributed by atoms with Crippen molar-refractivity contribution in [2.75, 3.05) is 19.6 Å². The van der Waals surface area contributed by atoms with E-state index in [4.69, 9.17) is 0 Å². The van der Waals surface area contributed by atoms with Crippen molar-refractivity contribution in [3.63, 3.8) is 0 Å². The highest BCUT2D eigenvalue weighted by atomic mass is 16.3. The minimum absolute atomic E-state index is 0.00863. The Kier molecular flexibility index (Phi) is 4.04. The van der Waals surface area contributed by atoms with Crippen molar-refractivity contribution >= 4 is 0 Å². The van der Waals surface area contributed by atoms with Crippen molar-refractivity contribution in [3.05, 3.63) is 0 Å². The maximum atomic E-state index is 9.82. The first-order valence-corrected chi connectivity index (χ1v) is 6.66. The van der Waals surface area contributed by atoms with Crippen molar-refractivity contribution in [2.45, 2.75) is 51.6 Å². The Morgan fingerprint density at radius 1 is 1.07 bits per heavy atom. The van der Waals surface area contributed by atoms with Crippen LogP contribution in [0.15, 0.2) is 0 Å². The summed E-state index contributed by atoms with van der Waals surface area (Å²) >= 11 is 0. The van der Waals surface area contributed by atoms with E-state index in [9.17, 15) is 5.11 Å². The zero-order valence-electron chi connectivity index (χ0n) is 9.99. The summed E-state index contributed by atoms with van der Waals surface area (Å²) in [4.78, 5) is 2.59. The lowest BCUT2D eigenvalue weighted by Gasteiger charge is -2.25. The molecule has 0 amide bonds. The molecular weight excluding hydrogens is 186 g/mol. The van der Waals surface area contributed by atoms with Gasteiger partial charge in [0.15, 0.2) is 0 Å². The van der Waals surface area contributed by atoms with Gasteiger partial charge in [-0.2, -0.15) is 0 Å². The Morgan fingerprint density at radius 2 is 1.93 bits per heavy atom. The summed E-state index contributed by atoms with van der Waals surface area (Å²) in [7, 11) is 0. The van der Waals surface area contributed by atoms with Gasteiger partial charge < -0.3 is 10.0 Å². The molecule has 1 aliphatic carbocycles. The van der Waals surface area contributed by atoms with E-state index in [-0.39, 0.29) is 6.10 Å². The summed E-state index contributed by atoms with van der Waals surface area (Å²) in [5.41, 5.74) is 0. The fraction of sp³-hybridized carbons (Fsp3) is 1.00. The highest BCUT2D eigenvalue weighted by Crippen LogP contribution is 2.27. The van der Waals surface area contributed by atoms with Gasteiger partial charge in [0.2, 0.25) is 0 Å². The van der Waals surface area contributed by atoms with Crippen LogP contribution in [0.4, 0.5) is 0 Å². The van der Waals surface area contributed by atoms with E-state index in [0.717, 1.165) is 18.9 Å². The summed E-state index contributed by atoms with van der Waals surface area (Å²) < 4.78 is 0. The molecule has 1 saturated heterocycles. The lowest BCUT2D eigenvalue weighted by molar-refractivity contribution is 0.103. The van der Waals surface area contributed by atoms with Crippen LogP contribution < -0.4 is 0 Å². The first-order valence-electron chi connectivity index (χ1n) is 6.66. The topological polar surface area (TPSA) is 23.5 Å². The van der Waals surface area contributed by atoms with Crippen LogP contribution in [0.2, 0.25) is 0 Å². The zero-order chi connectivity index (χ0) is 10.7. The monoisotopic (exact) mass is 211 g/mol. The summed E-state index contributed by atoms with van der Waals surface area (Å²) in [5.74, 6) is 1.47. The van der Waals surface area contributed by atoms with Gasteiger partial charge in [-0.15, -0.1) is 0 Å². The number of hydrogen-bond acceptors (Lipinski definition) is 2. The van der Waals surface area contributed by atoms with Crippen LogP contribution in [0, 0.1) is 11.8 Å². The van der Waals surface area contributed by atoms with Crippen molar-refractivity contribution in [2.24, 2.45) is 11.8 Å². The summed E-state index contributed by atoms with van der Waals surface area (Å²) in [6.07, 6.45) is 7.60. The fourth-order valence-corrected chi connectivity index (χ4v) is 3.07. The van der Waals surface area contributed by atoms with Crippen LogP contribution in [0.5, 0.6) is 0 Å². The van der Waals surface area contributed by atoms with E-state index in [1.807, 2.05) is 0 Å². The van der Waals surface area contributed by atoms with Gasteiger partial charge in [0, 0.05) is 6.54 Å². The standard InChI is InChI=1S/C13H25NO/c1-11-4-3-8-14(9-7-11)10-12-5-2-6-13(12)15/h11-13,15H,2-10H2,1H3. The molecule has 15 heavy (non-hydrogen) atoms. The molecule has 0 spiro atoms. The van der Waals surface area contributed by atoms with Gasteiger partial charge in [-0.25, -0.2) is 0 Å². The molecule has 0 radical (unpaired) electrons. The molecule has 2 fully saturated rings. The van der Waals surface area contributed by atoms with Gasteiger partial charge in [-0.1, -0.05) is 13.3 Å². The van der Waals surface area contributed by atoms with Crippen LogP contribution in [0.1, 0.15) is 45.4 Å². The summed E-state index contributed by atoms with van der Waals surface area (Å²) in [5, 5.41) is 9.82. The molecule has 2 nitrogen and oxygen atoms in total. The van der Waals surface area contributed by atoms with Crippen LogP contribution >= 0.6 is 0 Å². The number of rotatable bonds is 2. The maximum Gasteiger partial charge on any atom is 0.0580 e. The quantitative estimate of drug-likeness (QED) is 0.757. The average molecular weight is 211 g/mol. The first kappa shape index (κ1) is 11.4. The maximum absolute atomic E-state index is 9.82. The zero-order valence-corrected chi connectivity index (χ0v) is 9.99. The Labute approximate surface area is 93.7 Å². The Balaban J connectivity index is 1.78. The van der Waals surface area contributed by atoms with Crippen LogP contribution in [0.25, 0.3) is 0 Å². The van der Waals surface area contributed by atoms with Crippen molar-refractivity contribution in [1.82, 2.24) is 4.90 Å². The number of hydrogen-bond donors (Lipinski definition) is 1. The number of aliphatic hydroxyl groups is 1. The molecule has 0 bridgehead atoms. The molecule has 0 aromatic heterocycles. The van der Waals surface area contributed by atoms with Gasteiger partial charge in [-0.05, 0) is 57.0 Å². The Hall–Kier alpha value is -0.0800. The van der Waals surface area contributed by atoms with Crippen molar-refractivity contribution in [3.8, 4) is 0 Å². The normalized spacial score (nSPS) is 39.2. The average Bonchev–Trinajstić information content (AvgIpc) is 2.48. The summed E-state index contributed by atoms with van der Waals surface area (Å²) in [6.45, 7) is 6.03. The number of nitrogens with zero attached hydrogens (tertiary/aromatic N) is 1. The van der Waals surface area contributed by atoms with Crippen LogP contribution in [-0.4, -0.2) is 35.7 Å². The van der Waals surface area contributed by atoms with Gasteiger partial charge >= 0.3 is 0 Å². The van der Waals surface area contributed by atoms with Gasteiger partial charge in [0.25, 0.3) is 0 Å². The minimum atomic E-state index is -0.00863. The number of aliphatic hydroxyl groups excluding tert-OH is 1. The van der Waals surface area contributed by atoms with Crippen LogP contribution in [0.3, 0.4) is 0 Å². The van der Waals surface area contributed by atoms with E-state index in [1.165, 1.54) is 45.2 Å². The predicted molar refractivity (Wildman–Crippen MR) is 62.8 cm³/mol. The number of likely N-dealkylation sites (tertiary alicyclic amines) is 1. The Bertz CT molecular complexity index is 195. The molecular formula is C13H25NO. The SMILES string of the molecule is CC1CCCN(CC2CCCC2O)CC1. The van der Waals surface area contributed by atoms with E-state index < -0.39 is 0 Å². The lowest BCUT2D eigenvalue weighted by Crippen LogP contribution is -2.33. The molecule has 3 atom stereocenters. The van der Waals surface area contributed by atoms with E-state index in [2.05, 4.69) is 11.8 Å². The Morgan fingerprint density at radius 3 is 2.67 bits per heavy atom. The van der Waals surface area contributed by atoms with Crippen molar-refractivity contribution in [1.29, 1.82) is 0 Å². The molecule has 2 heteroatoms. The molecule has 2 aliphatic rings. The largest absolute Gasteiger partial charge is 0.393 e. The molecule has 1 N–H and O–H groups in total. The molecule has 2 rings (SSSR count). The molecule has 1 heterocycles. The second-order valence-corrected chi connectivity index (χ2v) is 5.60. The van der Waals surface area contributed by atoms with Gasteiger partial charge in [0.1, 0.15) is 0 Å². The van der Waals surface area contributed by atoms with E-state index in [0.29, 0.717) is 5.92 Å². The molecule has 88 valence electrons. The van der Waals surface area contributed by atoms with E-state index >= 15 is 0 Å². The third-order valence-electron chi connectivity index (χ3n) is 4.22. The third kappa shape index (κ3) is 3.18. The highest BCUT2D eigenvalue weighted by Gasteiger charge is 2.27. The molecule has 0 aromatic rings. The molecule has 1 aliphatic heterocycles. The van der Waals surface area contributed by atoms with Crippen LogP contribution in [-0.2, 0) is 0 Å². The second kappa shape index (κ2) is 5.31. The smallest absolute Gasteiger partial charge is 0.0580 e.